The van der Waals surface area contributed by atoms with Crippen LogP contribution < -0.4 is 26.4 Å². The Hall–Kier alpha value is -4.41. The molecule has 1 unspecified atom stereocenters. The molecule has 296 valence electrons. The molecule has 5 N–H and O–H groups in total. The lowest BCUT2D eigenvalue weighted by atomic mass is 9.77. The monoisotopic (exact) mass is 753 g/mol. The third-order valence-electron chi connectivity index (χ3n) is 13.3. The molecule has 55 heavy (non-hydrogen) atoms. The molecule has 1 saturated heterocycles. The van der Waals surface area contributed by atoms with Crippen molar-refractivity contribution in [3.8, 4) is 5.75 Å². The number of piperidine rings is 1. The number of rotatable bonds is 14. The summed E-state index contributed by atoms with van der Waals surface area (Å²) in [4.78, 5) is 69.6. The predicted octanol–water partition coefficient (Wildman–Crippen LogP) is 5.58. The van der Waals surface area contributed by atoms with Crippen molar-refractivity contribution in [2.45, 2.75) is 135 Å². The van der Waals surface area contributed by atoms with Crippen molar-refractivity contribution in [1.82, 2.24) is 20.9 Å². The summed E-state index contributed by atoms with van der Waals surface area (Å²) in [7, 11) is 0. The van der Waals surface area contributed by atoms with Crippen LogP contribution in [0.4, 0.5) is 4.79 Å². The van der Waals surface area contributed by atoms with Crippen LogP contribution in [0, 0.1) is 28.6 Å². The minimum Gasteiger partial charge on any atom is -0.489 e. The van der Waals surface area contributed by atoms with Gasteiger partial charge in [-0.15, -0.1) is 0 Å². The van der Waals surface area contributed by atoms with Gasteiger partial charge < -0.3 is 31.3 Å². The van der Waals surface area contributed by atoms with Crippen LogP contribution in [0.1, 0.15) is 109 Å². The Morgan fingerprint density at radius 2 is 1.55 bits per heavy atom. The highest BCUT2D eigenvalue weighted by Gasteiger charge is 2.74. The highest BCUT2D eigenvalue weighted by molar-refractivity contribution is 6.37. The van der Waals surface area contributed by atoms with Crippen molar-refractivity contribution in [2.75, 3.05) is 6.54 Å². The van der Waals surface area contributed by atoms with E-state index in [-0.39, 0.29) is 29.1 Å². The van der Waals surface area contributed by atoms with Crippen LogP contribution >= 0.6 is 0 Å². The summed E-state index contributed by atoms with van der Waals surface area (Å²) in [6.45, 7) is 6.67. The molecule has 5 fully saturated rings. The van der Waals surface area contributed by atoms with Crippen molar-refractivity contribution < 1.29 is 28.7 Å². The second-order valence-corrected chi connectivity index (χ2v) is 18.3. The zero-order chi connectivity index (χ0) is 39.0. The number of ether oxygens (including phenoxy) is 1. The Labute approximate surface area is 325 Å². The lowest BCUT2D eigenvalue weighted by Crippen LogP contribution is -2.63. The van der Waals surface area contributed by atoms with Gasteiger partial charge in [-0.1, -0.05) is 108 Å². The number of carbonyl (C=O) groups is 5. The summed E-state index contributed by atoms with van der Waals surface area (Å²) in [5.41, 5.74) is 6.41. The van der Waals surface area contributed by atoms with Gasteiger partial charge in [0.2, 0.25) is 17.6 Å². The third-order valence-corrected chi connectivity index (χ3v) is 13.3. The van der Waals surface area contributed by atoms with Crippen molar-refractivity contribution in [2.24, 2.45) is 34.3 Å². The Bertz CT molecular complexity index is 1760. The zero-order valence-electron chi connectivity index (χ0n) is 32.7. The second kappa shape index (κ2) is 15.6. The van der Waals surface area contributed by atoms with E-state index in [1.807, 2.05) is 69.3 Å². The first-order chi connectivity index (χ1) is 26.3. The lowest BCUT2D eigenvalue weighted by molar-refractivity contribution is -0.145. The van der Waals surface area contributed by atoms with Gasteiger partial charge in [-0.2, -0.15) is 0 Å². The minimum absolute atomic E-state index is 0.0170. The van der Waals surface area contributed by atoms with Gasteiger partial charge >= 0.3 is 6.03 Å². The Morgan fingerprint density at radius 3 is 2.20 bits per heavy atom. The molecular weight excluding hydrogens is 695 g/mol. The molecule has 1 spiro atoms. The van der Waals surface area contributed by atoms with Crippen molar-refractivity contribution in [3.05, 3.63) is 65.7 Å². The molecule has 4 aliphatic carbocycles. The number of hydrogen-bond donors (Lipinski definition) is 4. The number of amides is 5. The summed E-state index contributed by atoms with van der Waals surface area (Å²) in [5, 5.41) is 9.32. The van der Waals surface area contributed by atoms with E-state index in [4.69, 9.17) is 10.5 Å². The molecule has 5 amide bonds. The molecule has 4 saturated carbocycles. The van der Waals surface area contributed by atoms with E-state index in [0.29, 0.717) is 26.0 Å². The molecule has 0 aromatic heterocycles. The number of benzene rings is 2. The van der Waals surface area contributed by atoms with Gasteiger partial charge in [-0.05, 0) is 90.4 Å². The molecule has 1 aliphatic heterocycles. The number of fused-ring (bicyclic) bond motifs is 3. The first kappa shape index (κ1) is 38.8. The molecule has 1 heterocycles. The van der Waals surface area contributed by atoms with E-state index in [1.165, 1.54) is 0 Å². The van der Waals surface area contributed by atoms with Crippen LogP contribution in [0.15, 0.2) is 54.6 Å². The maximum absolute atomic E-state index is 14.7. The standard InChI is InChI=1S/C44H59N5O6/c1-42(2,3)37(47-41(54)48-43(19-8-5-9-20-43)25-30-15-12-16-31(23-30)55-27-29-13-6-4-7-14-29)40(53)49-26-32-34(44(32)21-10-11-22-44)35(49)39(52)46-33(24-28-17-18-28)36(50)38(45)51/h4,6-7,12-16,23,28,32-35,37H,5,8-11,17-22,24-27H2,1-3H3,(H2,45,51)(H,46,52)(H2,47,48,54)/t32-,33?,34-,35-,37+/m0/s1. The molecule has 0 bridgehead atoms. The van der Waals surface area contributed by atoms with Gasteiger partial charge in [0, 0.05) is 12.1 Å². The summed E-state index contributed by atoms with van der Waals surface area (Å²) in [6.07, 6.45) is 11.8. The zero-order valence-corrected chi connectivity index (χ0v) is 32.7. The molecule has 0 radical (unpaired) electrons. The number of nitrogens with two attached hydrogens (primary N) is 1. The lowest BCUT2D eigenvalue weighted by Gasteiger charge is -2.41. The van der Waals surface area contributed by atoms with Crippen LogP contribution in [0.2, 0.25) is 0 Å². The number of ketones is 1. The summed E-state index contributed by atoms with van der Waals surface area (Å²) < 4.78 is 6.12. The van der Waals surface area contributed by atoms with Crippen LogP contribution in [0.5, 0.6) is 5.75 Å². The van der Waals surface area contributed by atoms with E-state index in [2.05, 4.69) is 22.0 Å². The highest BCUT2D eigenvalue weighted by atomic mass is 16.5. The number of nitrogens with zero attached hydrogens (tertiary/aromatic N) is 1. The molecule has 11 nitrogen and oxygen atoms in total. The fraction of sp³-hybridized carbons (Fsp3) is 0.614. The summed E-state index contributed by atoms with van der Waals surface area (Å²) in [5.74, 6) is -1.36. The van der Waals surface area contributed by atoms with Gasteiger partial charge in [-0.25, -0.2) is 4.79 Å². The quantitative estimate of drug-likeness (QED) is 0.184. The number of likely N-dealkylation sites (tertiary alicyclic amines) is 1. The smallest absolute Gasteiger partial charge is 0.315 e. The molecular formula is C44H59N5O6. The molecule has 11 heteroatoms. The Balaban J connectivity index is 1.07. The fourth-order valence-electron chi connectivity index (χ4n) is 10.3. The van der Waals surface area contributed by atoms with Crippen LogP contribution in [-0.4, -0.2) is 64.6 Å². The number of primary amides is 1. The van der Waals surface area contributed by atoms with Crippen LogP contribution in [-0.2, 0) is 32.2 Å². The minimum atomic E-state index is -1.07. The SMILES string of the molecule is CC(C)(C)[C@H](NC(=O)NC1(Cc2cccc(OCc3ccccc3)c2)CCCCC1)C(=O)N1C[C@H]2[C@@H]([C@H]1C(=O)NC(CC1CC1)C(=O)C(N)=O)C21CCCC1. The normalized spacial score (nSPS) is 24.6. The number of nitrogens with one attached hydrogen (secondary N) is 3. The first-order valence-corrected chi connectivity index (χ1v) is 20.6. The average molecular weight is 754 g/mol. The van der Waals surface area contributed by atoms with Crippen LogP contribution in [0.25, 0.3) is 0 Å². The number of hydrogen-bond acceptors (Lipinski definition) is 6. The third kappa shape index (κ3) is 8.55. The van der Waals surface area contributed by atoms with Gasteiger partial charge in [0.15, 0.2) is 0 Å². The van der Waals surface area contributed by atoms with Gasteiger partial charge in [-0.3, -0.25) is 19.2 Å². The van der Waals surface area contributed by atoms with E-state index in [1.54, 1.807) is 4.90 Å². The summed E-state index contributed by atoms with van der Waals surface area (Å²) in [6, 6.07) is 15.0. The van der Waals surface area contributed by atoms with E-state index >= 15 is 0 Å². The Kier molecular flexibility index (Phi) is 11.0. The van der Waals surface area contributed by atoms with Crippen molar-refractivity contribution >= 4 is 29.5 Å². The predicted molar refractivity (Wildman–Crippen MR) is 209 cm³/mol. The highest BCUT2D eigenvalue weighted by Crippen LogP contribution is 2.72. The molecule has 5 atom stereocenters. The van der Waals surface area contributed by atoms with Gasteiger partial charge in [0.05, 0.1) is 6.04 Å². The maximum Gasteiger partial charge on any atom is 0.315 e. The van der Waals surface area contributed by atoms with E-state index in [0.717, 1.165) is 87.5 Å². The number of carbonyl (C=O) groups excluding carboxylic acids is 5. The number of Topliss-reactive ketones (excluding diaryl/α,β-unsaturated/α-hetero) is 1. The molecule has 5 aliphatic rings. The average Bonchev–Trinajstić information content (AvgIpc) is 3.93. The molecule has 2 aromatic carbocycles. The Morgan fingerprint density at radius 1 is 0.873 bits per heavy atom. The van der Waals surface area contributed by atoms with Gasteiger partial charge in [0.1, 0.15) is 24.4 Å². The first-order valence-electron chi connectivity index (χ1n) is 20.6. The van der Waals surface area contributed by atoms with Gasteiger partial charge in [0.25, 0.3) is 5.91 Å². The van der Waals surface area contributed by atoms with Crippen LogP contribution in [0.3, 0.4) is 0 Å². The van der Waals surface area contributed by atoms with Crippen molar-refractivity contribution in [1.29, 1.82) is 0 Å². The maximum atomic E-state index is 14.7. The second-order valence-electron chi connectivity index (χ2n) is 18.3. The van der Waals surface area contributed by atoms with E-state index in [9.17, 15) is 24.0 Å². The largest absolute Gasteiger partial charge is 0.489 e. The molecule has 7 rings (SSSR count). The number of urea groups is 1. The van der Waals surface area contributed by atoms with Crippen molar-refractivity contribution in [3.63, 3.8) is 0 Å². The molecule has 2 aromatic rings. The summed E-state index contributed by atoms with van der Waals surface area (Å²) >= 11 is 0. The fourth-order valence-corrected chi connectivity index (χ4v) is 10.3. The van der Waals surface area contributed by atoms with E-state index < -0.39 is 52.7 Å². The topological polar surface area (TPSA) is 160 Å².